The fraction of sp³-hybridized carbons (Fsp3) is 0.385. The Hall–Kier alpha value is -2.16. The van der Waals surface area contributed by atoms with Crippen LogP contribution in [0.5, 0.6) is 0 Å². The molecule has 1 unspecified atom stereocenters. The van der Waals surface area contributed by atoms with Crippen LogP contribution >= 0.6 is 0 Å². The molecule has 0 aliphatic carbocycles. The molecule has 1 amide bonds. The second-order valence-corrected chi connectivity index (χ2v) is 6.42. The lowest BCUT2D eigenvalue weighted by atomic mass is 10.1. The van der Waals surface area contributed by atoms with Crippen molar-refractivity contribution >= 4 is 33.5 Å². The van der Waals surface area contributed by atoms with Gasteiger partial charge in [-0.15, -0.1) is 3.89 Å². The number of esters is 1. The minimum absolute atomic E-state index is 0.168. The summed E-state index contributed by atoms with van der Waals surface area (Å²) in [7, 11) is -4.82. The minimum Gasteiger partial charge on any atom is -0.462 e. The monoisotopic (exact) mass is 330 g/mol. The summed E-state index contributed by atoms with van der Waals surface area (Å²) in [5.74, 6) is -1.16. The van der Waals surface area contributed by atoms with Crippen molar-refractivity contribution in [1.29, 1.82) is 0 Å². The van der Waals surface area contributed by atoms with Gasteiger partial charge in [-0.05, 0) is 25.1 Å². The molecule has 1 heterocycles. The number of nitrogens with two attached hydrogens (primary N) is 1. The Kier molecular flexibility index (Phi) is 4.36. The Balaban J connectivity index is 2.34. The van der Waals surface area contributed by atoms with E-state index in [1.165, 1.54) is 18.2 Å². The number of amides is 1. The first-order valence-electron chi connectivity index (χ1n) is 6.54. The van der Waals surface area contributed by atoms with Gasteiger partial charge in [0.25, 0.3) is 0 Å². The summed E-state index contributed by atoms with van der Waals surface area (Å²) >= 11 is 0. The van der Waals surface area contributed by atoms with Crippen molar-refractivity contribution in [1.82, 2.24) is 0 Å². The molecule has 1 fully saturated rings. The van der Waals surface area contributed by atoms with Gasteiger partial charge in [-0.25, -0.2) is 4.79 Å². The van der Waals surface area contributed by atoms with E-state index in [9.17, 15) is 21.9 Å². The van der Waals surface area contributed by atoms with Crippen LogP contribution in [0.3, 0.4) is 0 Å². The number of nitrogens with zero attached hydrogens (tertiary/aromatic N) is 1. The normalized spacial score (nSPS) is 18.5. The topological polar surface area (TPSA) is 107 Å². The zero-order chi connectivity index (χ0) is 16.5. The highest BCUT2D eigenvalue weighted by Gasteiger charge is 2.39. The molecule has 1 aromatic rings. The van der Waals surface area contributed by atoms with Gasteiger partial charge in [0.15, 0.2) is 0 Å². The number of hydrogen-bond acceptors (Lipinski definition) is 6. The van der Waals surface area contributed by atoms with Gasteiger partial charge in [-0.3, -0.25) is 4.79 Å². The third-order valence-electron chi connectivity index (χ3n) is 3.32. The Bertz CT molecular complexity index is 719. The van der Waals surface area contributed by atoms with E-state index in [2.05, 4.69) is 0 Å². The number of hydrogen-bond donors (Lipinski definition) is 1. The van der Waals surface area contributed by atoms with Crippen LogP contribution in [0.4, 0.5) is 15.3 Å². The molecule has 1 saturated heterocycles. The van der Waals surface area contributed by atoms with E-state index in [1.54, 1.807) is 6.92 Å². The number of carbonyl (C=O) groups excluding carboxylic acids is 2. The highest BCUT2D eigenvalue weighted by Crippen LogP contribution is 2.31. The van der Waals surface area contributed by atoms with Crippen LogP contribution in [-0.2, 0) is 19.8 Å². The average Bonchev–Trinajstić information content (AvgIpc) is 2.81. The maximum Gasteiger partial charge on any atom is 0.338 e. The summed E-state index contributed by atoms with van der Waals surface area (Å²) in [4.78, 5) is 24.7. The van der Waals surface area contributed by atoms with Gasteiger partial charge in [0.05, 0.1) is 23.5 Å². The molecule has 1 aliphatic rings. The fourth-order valence-electron chi connectivity index (χ4n) is 2.22. The first-order valence-corrected chi connectivity index (χ1v) is 7.99. The number of halogens is 1. The van der Waals surface area contributed by atoms with Crippen molar-refractivity contribution in [2.75, 3.05) is 23.8 Å². The number of benzene rings is 1. The van der Waals surface area contributed by atoms with Crippen molar-refractivity contribution in [2.45, 2.75) is 18.6 Å². The lowest BCUT2D eigenvalue weighted by Crippen LogP contribution is -2.28. The van der Waals surface area contributed by atoms with E-state index >= 15 is 0 Å². The summed E-state index contributed by atoms with van der Waals surface area (Å²) < 4.78 is 39.8. The summed E-state index contributed by atoms with van der Waals surface area (Å²) in [5.41, 5.74) is 6.29. The number of nitrogen functional groups attached to an aromatic ring is 1. The zero-order valence-electron chi connectivity index (χ0n) is 11.8. The fourth-order valence-corrected chi connectivity index (χ4v) is 2.88. The predicted molar refractivity (Wildman–Crippen MR) is 77.6 cm³/mol. The van der Waals surface area contributed by atoms with E-state index < -0.39 is 33.8 Å². The van der Waals surface area contributed by atoms with Crippen LogP contribution in [0.1, 0.15) is 23.7 Å². The third-order valence-corrected chi connectivity index (χ3v) is 4.43. The predicted octanol–water partition coefficient (Wildman–Crippen LogP) is 0.850. The Morgan fingerprint density at radius 1 is 1.50 bits per heavy atom. The summed E-state index contributed by atoms with van der Waals surface area (Å²) in [6.07, 6.45) is -0.456. The van der Waals surface area contributed by atoms with Gasteiger partial charge in [-0.1, -0.05) is 0 Å². The molecule has 1 atom stereocenters. The molecule has 0 spiro atoms. The molecule has 2 rings (SSSR count). The van der Waals surface area contributed by atoms with E-state index in [0.29, 0.717) is 0 Å². The van der Waals surface area contributed by atoms with Gasteiger partial charge in [0, 0.05) is 13.0 Å². The maximum absolute atomic E-state index is 13.1. The average molecular weight is 330 g/mol. The number of ether oxygens (including phenoxy) is 1. The Labute approximate surface area is 127 Å². The van der Waals surface area contributed by atoms with Crippen LogP contribution < -0.4 is 10.6 Å². The van der Waals surface area contributed by atoms with Gasteiger partial charge in [-0.2, -0.15) is 8.42 Å². The molecular weight excluding hydrogens is 315 g/mol. The smallest absolute Gasteiger partial charge is 0.338 e. The molecule has 9 heteroatoms. The van der Waals surface area contributed by atoms with E-state index in [0.717, 1.165) is 4.90 Å². The van der Waals surface area contributed by atoms with Crippen LogP contribution in [-0.4, -0.2) is 38.7 Å². The largest absolute Gasteiger partial charge is 0.462 e. The molecule has 1 aliphatic heterocycles. The first kappa shape index (κ1) is 16.2. The molecule has 0 radical (unpaired) electrons. The molecule has 22 heavy (non-hydrogen) atoms. The quantitative estimate of drug-likeness (QED) is 0.498. The van der Waals surface area contributed by atoms with Crippen LogP contribution in [0.2, 0.25) is 0 Å². The van der Waals surface area contributed by atoms with Crippen LogP contribution in [0, 0.1) is 0 Å². The van der Waals surface area contributed by atoms with Gasteiger partial charge in [0.2, 0.25) is 5.91 Å². The van der Waals surface area contributed by atoms with Crippen LogP contribution in [0.25, 0.3) is 0 Å². The molecule has 1 aromatic carbocycles. The molecule has 0 aromatic heterocycles. The molecule has 2 N–H and O–H groups in total. The summed E-state index contributed by atoms with van der Waals surface area (Å²) in [6, 6.07) is 4.17. The molecule has 120 valence electrons. The van der Waals surface area contributed by atoms with Crippen LogP contribution in [0.15, 0.2) is 18.2 Å². The number of rotatable bonds is 4. The van der Waals surface area contributed by atoms with Crippen molar-refractivity contribution in [3.05, 3.63) is 23.8 Å². The highest BCUT2D eigenvalue weighted by atomic mass is 32.3. The third kappa shape index (κ3) is 3.19. The summed E-state index contributed by atoms with van der Waals surface area (Å²) in [6.45, 7) is 1.49. The molecule has 0 bridgehead atoms. The van der Waals surface area contributed by atoms with Crippen molar-refractivity contribution in [3.63, 3.8) is 0 Å². The lowest BCUT2D eigenvalue weighted by molar-refractivity contribution is -0.117. The molecule has 7 nitrogen and oxygen atoms in total. The second-order valence-electron chi connectivity index (χ2n) is 4.80. The zero-order valence-corrected chi connectivity index (χ0v) is 12.6. The number of carbonyl (C=O) groups is 2. The van der Waals surface area contributed by atoms with E-state index in [4.69, 9.17) is 10.5 Å². The van der Waals surface area contributed by atoms with Crippen molar-refractivity contribution in [3.8, 4) is 0 Å². The van der Waals surface area contributed by atoms with Gasteiger partial charge >= 0.3 is 16.2 Å². The SMILES string of the molecule is CCOC(=O)c1ccc(N)c(N2CC(S(=O)(=O)F)CC2=O)c1. The second kappa shape index (κ2) is 5.91. The van der Waals surface area contributed by atoms with Gasteiger partial charge in [0.1, 0.15) is 5.25 Å². The lowest BCUT2D eigenvalue weighted by Gasteiger charge is -2.19. The molecular formula is C13H15FN2O5S. The van der Waals surface area contributed by atoms with E-state index in [1.807, 2.05) is 0 Å². The Morgan fingerprint density at radius 2 is 2.18 bits per heavy atom. The van der Waals surface area contributed by atoms with Gasteiger partial charge < -0.3 is 15.4 Å². The van der Waals surface area contributed by atoms with E-state index in [-0.39, 0.29) is 30.1 Å². The summed E-state index contributed by atoms with van der Waals surface area (Å²) in [5, 5.41) is -1.43. The number of anilines is 2. The molecule has 0 saturated carbocycles. The highest BCUT2D eigenvalue weighted by molar-refractivity contribution is 7.87. The van der Waals surface area contributed by atoms with Crippen molar-refractivity contribution in [2.24, 2.45) is 0 Å². The standard InChI is InChI=1S/C13H15FN2O5S/c1-2-21-13(18)8-3-4-10(15)11(5-8)16-7-9(6-12(16)17)22(14,19)20/h3-5,9H,2,6-7,15H2,1H3. The van der Waals surface area contributed by atoms with Crippen molar-refractivity contribution < 1.29 is 26.6 Å². The maximum atomic E-state index is 13.1. The Morgan fingerprint density at radius 3 is 2.73 bits per heavy atom. The minimum atomic E-state index is -4.82. The first-order chi connectivity index (χ1) is 10.2.